The number of aliphatic hydroxyl groups excluding tert-OH is 1. The minimum absolute atomic E-state index is 0.272. The number of aliphatic hydroxyl groups is 1. The number of morpholine rings is 1. The van der Waals surface area contributed by atoms with Crippen molar-refractivity contribution in [2.75, 3.05) is 19.8 Å². The largest absolute Gasteiger partial charge is 0.388 e. The molecular weight excluding hydrogens is 190 g/mol. The van der Waals surface area contributed by atoms with Crippen LogP contribution in [0.1, 0.15) is 18.1 Å². The van der Waals surface area contributed by atoms with Crippen molar-refractivity contribution in [3.63, 3.8) is 0 Å². The standard InChI is InChI=1S/C12H17NO2/c14-12(10-4-2-1-3-5-10)8-11-9-15-7-6-13-11/h1-5,11-14H,6-9H2/t11-,12+/m1/s1. The number of rotatable bonds is 3. The Kier molecular flexibility index (Phi) is 3.72. The molecule has 82 valence electrons. The lowest BCUT2D eigenvalue weighted by Crippen LogP contribution is -2.42. The molecule has 0 saturated carbocycles. The third-order valence-corrected chi connectivity index (χ3v) is 2.69. The summed E-state index contributed by atoms with van der Waals surface area (Å²) in [6.07, 6.45) is 0.315. The first kappa shape index (κ1) is 10.6. The number of ether oxygens (including phenoxy) is 1. The molecule has 0 amide bonds. The quantitative estimate of drug-likeness (QED) is 0.780. The van der Waals surface area contributed by atoms with E-state index in [4.69, 9.17) is 4.74 Å². The molecule has 0 aromatic heterocycles. The predicted molar refractivity (Wildman–Crippen MR) is 58.6 cm³/mol. The van der Waals surface area contributed by atoms with Gasteiger partial charge in [-0.2, -0.15) is 0 Å². The molecule has 0 spiro atoms. The van der Waals surface area contributed by atoms with Crippen molar-refractivity contribution >= 4 is 0 Å². The molecule has 2 N–H and O–H groups in total. The van der Waals surface area contributed by atoms with E-state index in [1.807, 2.05) is 30.3 Å². The van der Waals surface area contributed by atoms with Crippen molar-refractivity contribution in [2.24, 2.45) is 0 Å². The van der Waals surface area contributed by atoms with Gasteiger partial charge < -0.3 is 15.2 Å². The van der Waals surface area contributed by atoms with Crippen molar-refractivity contribution in [1.82, 2.24) is 5.32 Å². The Morgan fingerprint density at radius 1 is 1.40 bits per heavy atom. The highest BCUT2D eigenvalue weighted by Gasteiger charge is 2.17. The Morgan fingerprint density at radius 3 is 2.87 bits per heavy atom. The topological polar surface area (TPSA) is 41.5 Å². The van der Waals surface area contributed by atoms with Crippen molar-refractivity contribution in [1.29, 1.82) is 0 Å². The van der Waals surface area contributed by atoms with E-state index in [1.54, 1.807) is 0 Å². The van der Waals surface area contributed by atoms with Gasteiger partial charge in [0, 0.05) is 12.6 Å². The van der Waals surface area contributed by atoms with Crippen LogP contribution in [0.25, 0.3) is 0 Å². The van der Waals surface area contributed by atoms with Crippen LogP contribution in [0.4, 0.5) is 0 Å². The second kappa shape index (κ2) is 5.26. The van der Waals surface area contributed by atoms with Crippen LogP contribution in [0.15, 0.2) is 30.3 Å². The van der Waals surface area contributed by atoms with Crippen molar-refractivity contribution in [3.8, 4) is 0 Å². The van der Waals surface area contributed by atoms with E-state index < -0.39 is 6.10 Å². The van der Waals surface area contributed by atoms with E-state index >= 15 is 0 Å². The van der Waals surface area contributed by atoms with Crippen LogP contribution in [0.3, 0.4) is 0 Å². The van der Waals surface area contributed by atoms with E-state index in [1.165, 1.54) is 0 Å². The second-order valence-corrected chi connectivity index (χ2v) is 3.89. The molecule has 0 aliphatic carbocycles. The molecule has 3 heteroatoms. The first-order valence-electron chi connectivity index (χ1n) is 5.40. The Balaban J connectivity index is 1.88. The summed E-state index contributed by atoms with van der Waals surface area (Å²) in [5.74, 6) is 0. The first-order valence-corrected chi connectivity index (χ1v) is 5.40. The summed E-state index contributed by atoms with van der Waals surface area (Å²) >= 11 is 0. The first-order chi connectivity index (χ1) is 7.36. The fraction of sp³-hybridized carbons (Fsp3) is 0.500. The lowest BCUT2D eigenvalue weighted by atomic mass is 10.0. The normalized spacial score (nSPS) is 23.7. The molecule has 0 radical (unpaired) electrons. The highest BCUT2D eigenvalue weighted by atomic mass is 16.5. The van der Waals surface area contributed by atoms with Crippen molar-refractivity contribution in [2.45, 2.75) is 18.6 Å². The van der Waals surface area contributed by atoms with Gasteiger partial charge >= 0.3 is 0 Å². The van der Waals surface area contributed by atoms with E-state index in [-0.39, 0.29) is 6.04 Å². The van der Waals surface area contributed by atoms with Gasteiger partial charge in [0.25, 0.3) is 0 Å². The summed E-state index contributed by atoms with van der Waals surface area (Å²) in [7, 11) is 0. The molecule has 0 bridgehead atoms. The minimum Gasteiger partial charge on any atom is -0.388 e. The Labute approximate surface area is 90.1 Å². The van der Waals surface area contributed by atoms with Crippen molar-refractivity contribution in [3.05, 3.63) is 35.9 Å². The zero-order chi connectivity index (χ0) is 10.5. The molecule has 2 atom stereocenters. The number of hydrogen-bond donors (Lipinski definition) is 2. The van der Waals surface area contributed by atoms with Gasteiger partial charge in [-0.25, -0.2) is 0 Å². The lowest BCUT2D eigenvalue weighted by Gasteiger charge is -2.25. The molecule has 1 heterocycles. The van der Waals surface area contributed by atoms with Crippen LogP contribution in [0.2, 0.25) is 0 Å². The average Bonchev–Trinajstić information content (AvgIpc) is 2.31. The van der Waals surface area contributed by atoms with Gasteiger partial charge in [0.1, 0.15) is 0 Å². The average molecular weight is 207 g/mol. The summed E-state index contributed by atoms with van der Waals surface area (Å²) < 4.78 is 5.35. The molecular formula is C12H17NO2. The molecule has 1 aliphatic heterocycles. The molecule has 15 heavy (non-hydrogen) atoms. The highest BCUT2D eigenvalue weighted by Crippen LogP contribution is 2.18. The van der Waals surface area contributed by atoms with Gasteiger partial charge in [-0.1, -0.05) is 30.3 Å². The summed E-state index contributed by atoms with van der Waals surface area (Å²) in [6, 6.07) is 10.0. The monoisotopic (exact) mass is 207 g/mol. The molecule has 1 aromatic carbocycles. The van der Waals surface area contributed by atoms with Crippen LogP contribution in [-0.2, 0) is 4.74 Å². The molecule has 0 unspecified atom stereocenters. The van der Waals surface area contributed by atoms with Gasteiger partial charge in [-0.15, -0.1) is 0 Å². The van der Waals surface area contributed by atoms with Crippen LogP contribution in [0.5, 0.6) is 0 Å². The molecule has 3 nitrogen and oxygen atoms in total. The van der Waals surface area contributed by atoms with Crippen LogP contribution in [-0.4, -0.2) is 30.9 Å². The number of benzene rings is 1. The van der Waals surface area contributed by atoms with Gasteiger partial charge in [-0.05, 0) is 12.0 Å². The third kappa shape index (κ3) is 3.02. The molecule has 1 fully saturated rings. The third-order valence-electron chi connectivity index (χ3n) is 2.69. The van der Waals surface area contributed by atoms with Crippen LogP contribution in [0, 0.1) is 0 Å². The fourth-order valence-electron chi connectivity index (χ4n) is 1.85. The molecule has 2 rings (SSSR count). The highest BCUT2D eigenvalue weighted by molar-refractivity contribution is 5.17. The van der Waals surface area contributed by atoms with E-state index in [0.29, 0.717) is 13.0 Å². The lowest BCUT2D eigenvalue weighted by molar-refractivity contribution is 0.0519. The van der Waals surface area contributed by atoms with Gasteiger partial charge in [0.2, 0.25) is 0 Å². The summed E-state index contributed by atoms with van der Waals surface area (Å²) in [5.41, 5.74) is 0.977. The summed E-state index contributed by atoms with van der Waals surface area (Å²) in [6.45, 7) is 2.36. The molecule has 1 aliphatic rings. The zero-order valence-electron chi connectivity index (χ0n) is 8.73. The fourth-order valence-corrected chi connectivity index (χ4v) is 1.85. The maximum Gasteiger partial charge on any atom is 0.0805 e. The molecule has 1 aromatic rings. The Morgan fingerprint density at radius 2 is 2.20 bits per heavy atom. The maximum atomic E-state index is 9.98. The minimum atomic E-state index is -0.398. The van der Waals surface area contributed by atoms with Gasteiger partial charge in [0.05, 0.1) is 19.3 Å². The predicted octanol–water partition coefficient (Wildman–Crippen LogP) is 1.10. The SMILES string of the molecule is O[C@@H](C[C@@H]1COCCN1)c1ccccc1. The number of nitrogens with one attached hydrogen (secondary N) is 1. The zero-order valence-corrected chi connectivity index (χ0v) is 8.73. The van der Waals surface area contributed by atoms with Crippen LogP contribution < -0.4 is 5.32 Å². The second-order valence-electron chi connectivity index (χ2n) is 3.89. The van der Waals surface area contributed by atoms with Gasteiger partial charge in [0.15, 0.2) is 0 Å². The van der Waals surface area contributed by atoms with E-state index in [9.17, 15) is 5.11 Å². The summed E-state index contributed by atoms with van der Waals surface area (Å²) in [5, 5.41) is 13.3. The van der Waals surface area contributed by atoms with Crippen LogP contribution >= 0.6 is 0 Å². The Hall–Kier alpha value is -0.900. The van der Waals surface area contributed by atoms with Gasteiger partial charge in [-0.3, -0.25) is 0 Å². The van der Waals surface area contributed by atoms with Crippen molar-refractivity contribution < 1.29 is 9.84 Å². The maximum absolute atomic E-state index is 9.98. The summed E-state index contributed by atoms with van der Waals surface area (Å²) in [4.78, 5) is 0. The molecule has 1 saturated heterocycles. The smallest absolute Gasteiger partial charge is 0.0805 e. The van der Waals surface area contributed by atoms with E-state index in [0.717, 1.165) is 18.7 Å². The number of hydrogen-bond acceptors (Lipinski definition) is 3. The Bertz CT molecular complexity index is 283. The van der Waals surface area contributed by atoms with E-state index in [2.05, 4.69) is 5.32 Å².